The molecule has 33 heavy (non-hydrogen) atoms. The van der Waals surface area contributed by atoms with Crippen molar-refractivity contribution in [3.63, 3.8) is 0 Å². The van der Waals surface area contributed by atoms with E-state index in [1.165, 1.54) is 27.6 Å². The van der Waals surface area contributed by atoms with E-state index in [9.17, 15) is 0 Å². The zero-order chi connectivity index (χ0) is 22.4. The number of para-hydroxylation sites is 2. The van der Waals surface area contributed by atoms with Crippen LogP contribution in [0.25, 0.3) is 10.9 Å². The summed E-state index contributed by atoms with van der Waals surface area (Å²) >= 11 is 6.27. The first-order valence-electron chi connectivity index (χ1n) is 11.3. The molecular weight excluding hydrogens is 426 g/mol. The Balaban J connectivity index is 1.61. The number of aryl methyl sites for hydroxylation is 1. The molecule has 0 unspecified atom stereocenters. The maximum absolute atomic E-state index is 6.81. The number of benzene rings is 4. The quantitative estimate of drug-likeness (QED) is 0.295. The number of aromatic amines is 1. The molecule has 1 aliphatic rings. The van der Waals surface area contributed by atoms with Crippen LogP contribution in [0.3, 0.4) is 0 Å². The first-order valence-corrected chi connectivity index (χ1v) is 11.7. The standard InChI is InChI=1S/C30H24ClNO/c1-19-23-11-5-7-13-25(23)32-29(19)30-28(20-9-3-2-4-10-20)27(21-15-17-22(31)18-16-21)24-12-6-8-14-26(24)33-30/h2-18,27-28,30,32H,1H3/t27-,28-,30-/m1/s1. The zero-order valence-corrected chi connectivity index (χ0v) is 19.1. The summed E-state index contributed by atoms with van der Waals surface area (Å²) in [6.07, 6.45) is -0.157. The average Bonchev–Trinajstić information content (AvgIpc) is 3.20. The van der Waals surface area contributed by atoms with Crippen molar-refractivity contribution in [3.05, 3.63) is 136 Å². The van der Waals surface area contributed by atoms with Crippen LogP contribution in [-0.2, 0) is 0 Å². The second kappa shape index (κ2) is 8.13. The lowest BCUT2D eigenvalue weighted by Gasteiger charge is -2.40. The Morgan fingerprint density at radius 3 is 2.21 bits per heavy atom. The fourth-order valence-electron chi connectivity index (χ4n) is 5.35. The molecule has 5 aromatic rings. The fraction of sp³-hybridized carbons (Fsp3) is 0.133. The van der Waals surface area contributed by atoms with Gasteiger partial charge in [-0.2, -0.15) is 0 Å². The van der Waals surface area contributed by atoms with Crippen LogP contribution in [0.4, 0.5) is 0 Å². The van der Waals surface area contributed by atoms with E-state index < -0.39 is 0 Å². The Kier molecular flexibility index (Phi) is 4.96. The van der Waals surface area contributed by atoms with Gasteiger partial charge in [-0.05, 0) is 47.9 Å². The monoisotopic (exact) mass is 449 g/mol. The number of fused-ring (bicyclic) bond motifs is 2. The molecule has 4 aromatic carbocycles. The minimum absolute atomic E-state index is 0.0917. The molecule has 2 heterocycles. The fourth-order valence-corrected chi connectivity index (χ4v) is 5.47. The molecule has 0 saturated carbocycles. The van der Waals surface area contributed by atoms with Gasteiger partial charge in [0.2, 0.25) is 0 Å². The third-order valence-electron chi connectivity index (χ3n) is 6.90. The van der Waals surface area contributed by atoms with E-state index in [4.69, 9.17) is 16.3 Å². The highest BCUT2D eigenvalue weighted by Gasteiger charge is 2.42. The topological polar surface area (TPSA) is 25.0 Å². The summed E-state index contributed by atoms with van der Waals surface area (Å²) in [5, 5.41) is 1.99. The normalized spacial score (nSPS) is 19.8. The first-order chi connectivity index (χ1) is 16.2. The van der Waals surface area contributed by atoms with Crippen LogP contribution >= 0.6 is 11.6 Å². The van der Waals surface area contributed by atoms with E-state index in [2.05, 4.69) is 103 Å². The Bertz CT molecular complexity index is 1420. The lowest BCUT2D eigenvalue weighted by molar-refractivity contribution is 0.137. The lowest BCUT2D eigenvalue weighted by Crippen LogP contribution is -2.29. The van der Waals surface area contributed by atoms with Gasteiger partial charge in [0, 0.05) is 33.3 Å². The number of hydrogen-bond donors (Lipinski definition) is 1. The Hall–Kier alpha value is -3.49. The highest BCUT2D eigenvalue weighted by molar-refractivity contribution is 6.30. The maximum Gasteiger partial charge on any atom is 0.146 e. The van der Waals surface area contributed by atoms with Gasteiger partial charge in [0.15, 0.2) is 0 Å². The van der Waals surface area contributed by atoms with Gasteiger partial charge in [-0.1, -0.05) is 90.5 Å². The third kappa shape index (κ3) is 3.42. The molecule has 0 aliphatic carbocycles. The van der Waals surface area contributed by atoms with Gasteiger partial charge in [0.05, 0.1) is 5.69 Å². The van der Waals surface area contributed by atoms with E-state index in [1.807, 2.05) is 12.1 Å². The van der Waals surface area contributed by atoms with Crippen LogP contribution in [0.2, 0.25) is 5.02 Å². The van der Waals surface area contributed by atoms with Crippen LogP contribution < -0.4 is 4.74 Å². The predicted octanol–water partition coefficient (Wildman–Crippen LogP) is 8.18. The SMILES string of the molecule is Cc1c([C@@H]2Oc3ccccc3[C@@H](c3ccc(Cl)cc3)[C@H]2c2ccccc2)[nH]c2ccccc12. The van der Waals surface area contributed by atoms with Crippen molar-refractivity contribution in [3.8, 4) is 5.75 Å². The van der Waals surface area contributed by atoms with Gasteiger partial charge in [0.1, 0.15) is 11.9 Å². The minimum atomic E-state index is -0.157. The molecule has 0 fully saturated rings. The first kappa shape index (κ1) is 20.1. The molecule has 2 nitrogen and oxygen atoms in total. The van der Waals surface area contributed by atoms with Crippen LogP contribution in [-0.4, -0.2) is 4.98 Å². The summed E-state index contributed by atoms with van der Waals surface area (Å²) in [7, 11) is 0. The largest absolute Gasteiger partial charge is 0.483 e. The van der Waals surface area contributed by atoms with E-state index in [0.717, 1.165) is 22.0 Å². The number of H-pyrrole nitrogens is 1. The van der Waals surface area contributed by atoms with E-state index in [0.29, 0.717) is 0 Å². The molecule has 162 valence electrons. The summed E-state index contributed by atoms with van der Waals surface area (Å²) in [6, 6.07) is 35.9. The Labute approximate surface area is 198 Å². The van der Waals surface area contributed by atoms with E-state index >= 15 is 0 Å². The smallest absolute Gasteiger partial charge is 0.146 e. The van der Waals surface area contributed by atoms with Crippen molar-refractivity contribution in [1.29, 1.82) is 0 Å². The molecule has 1 aromatic heterocycles. The van der Waals surface area contributed by atoms with Crippen LogP contribution in [0, 0.1) is 6.92 Å². The van der Waals surface area contributed by atoms with Gasteiger partial charge in [0.25, 0.3) is 0 Å². The van der Waals surface area contributed by atoms with E-state index in [1.54, 1.807) is 0 Å². The van der Waals surface area contributed by atoms with Gasteiger partial charge in [-0.25, -0.2) is 0 Å². The molecular formula is C30H24ClNO. The number of ether oxygens (including phenoxy) is 1. The number of hydrogen-bond acceptors (Lipinski definition) is 1. The van der Waals surface area contributed by atoms with Crippen molar-refractivity contribution < 1.29 is 4.74 Å². The second-order valence-electron chi connectivity index (χ2n) is 8.75. The lowest BCUT2D eigenvalue weighted by atomic mass is 9.71. The van der Waals surface area contributed by atoms with Crippen molar-refractivity contribution in [2.75, 3.05) is 0 Å². The molecule has 0 bridgehead atoms. The number of nitrogens with one attached hydrogen (secondary N) is 1. The second-order valence-corrected chi connectivity index (χ2v) is 9.19. The van der Waals surface area contributed by atoms with Crippen LogP contribution in [0.15, 0.2) is 103 Å². The molecule has 6 rings (SSSR count). The van der Waals surface area contributed by atoms with Gasteiger partial charge in [-0.15, -0.1) is 0 Å². The molecule has 0 radical (unpaired) electrons. The highest BCUT2D eigenvalue weighted by atomic mass is 35.5. The van der Waals surface area contributed by atoms with Gasteiger partial charge in [-0.3, -0.25) is 0 Å². The van der Waals surface area contributed by atoms with Crippen LogP contribution in [0.5, 0.6) is 5.75 Å². The summed E-state index contributed by atoms with van der Waals surface area (Å²) in [6.45, 7) is 2.19. The summed E-state index contributed by atoms with van der Waals surface area (Å²) < 4.78 is 6.81. The number of rotatable bonds is 3. The molecule has 0 saturated heterocycles. The molecule has 3 atom stereocenters. The third-order valence-corrected chi connectivity index (χ3v) is 7.15. The van der Waals surface area contributed by atoms with E-state index in [-0.39, 0.29) is 17.9 Å². The van der Waals surface area contributed by atoms with Crippen molar-refractivity contribution in [2.45, 2.75) is 24.9 Å². The average molecular weight is 450 g/mol. The van der Waals surface area contributed by atoms with Crippen molar-refractivity contribution in [1.82, 2.24) is 4.98 Å². The van der Waals surface area contributed by atoms with Crippen molar-refractivity contribution in [2.24, 2.45) is 0 Å². The summed E-state index contributed by atoms with van der Waals surface area (Å²) in [5.74, 6) is 1.16. The molecule has 3 heteroatoms. The maximum atomic E-state index is 6.81. The van der Waals surface area contributed by atoms with Gasteiger partial charge >= 0.3 is 0 Å². The summed E-state index contributed by atoms with van der Waals surface area (Å²) in [5.41, 5.74) is 7.23. The Morgan fingerprint density at radius 1 is 0.727 bits per heavy atom. The van der Waals surface area contributed by atoms with Crippen molar-refractivity contribution >= 4 is 22.5 Å². The highest BCUT2D eigenvalue weighted by Crippen LogP contribution is 2.54. The predicted molar refractivity (Wildman–Crippen MR) is 135 cm³/mol. The number of aromatic nitrogens is 1. The zero-order valence-electron chi connectivity index (χ0n) is 18.3. The van der Waals surface area contributed by atoms with Crippen LogP contribution in [0.1, 0.15) is 45.9 Å². The molecule has 0 amide bonds. The van der Waals surface area contributed by atoms with Gasteiger partial charge < -0.3 is 9.72 Å². The molecule has 1 N–H and O–H groups in total. The Morgan fingerprint density at radius 2 is 1.42 bits per heavy atom. The number of halogens is 1. The molecule has 1 aliphatic heterocycles. The summed E-state index contributed by atoms with van der Waals surface area (Å²) in [4.78, 5) is 3.70. The minimum Gasteiger partial charge on any atom is -0.483 e. The molecule has 0 spiro atoms.